The molecule has 7 unspecified atom stereocenters. The molecule has 0 aromatic heterocycles. The van der Waals surface area contributed by atoms with Gasteiger partial charge in [0.25, 0.3) is 5.91 Å². The Balaban J connectivity index is 1.56. The predicted octanol–water partition coefficient (Wildman–Crippen LogP) is -4.48. The summed E-state index contributed by atoms with van der Waals surface area (Å²) in [6, 6.07) is -3.28. The van der Waals surface area contributed by atoms with Crippen LogP contribution in [0.1, 0.15) is 117 Å². The zero-order valence-electron chi connectivity index (χ0n) is 52.0. The third kappa shape index (κ3) is 29.1. The van der Waals surface area contributed by atoms with Crippen LogP contribution in [0.15, 0.2) is 0 Å². The van der Waals surface area contributed by atoms with Gasteiger partial charge in [-0.25, -0.2) is 0 Å². The van der Waals surface area contributed by atoms with Gasteiger partial charge < -0.3 is 120 Å². The molecule has 0 saturated carbocycles. The van der Waals surface area contributed by atoms with E-state index in [-0.39, 0.29) is 109 Å². The number of amides is 7. The zero-order valence-corrected chi connectivity index (χ0v) is 52.9. The van der Waals surface area contributed by atoms with E-state index in [1.165, 1.54) is 39.0 Å². The van der Waals surface area contributed by atoms with Gasteiger partial charge in [-0.1, -0.05) is 19.3 Å². The first-order chi connectivity index (χ1) is 42.2. The van der Waals surface area contributed by atoms with Crippen molar-refractivity contribution in [2.75, 3.05) is 98.8 Å². The van der Waals surface area contributed by atoms with Crippen LogP contribution < -0.4 is 26.6 Å². The molecule has 0 aliphatic carbocycles. The molecule has 3 heterocycles. The first-order valence-electron chi connectivity index (χ1n) is 30.7. The summed E-state index contributed by atoms with van der Waals surface area (Å²) in [7, 11) is -3.08. The van der Waals surface area contributed by atoms with Crippen LogP contribution in [-0.2, 0) is 71.1 Å². The van der Waals surface area contributed by atoms with Crippen molar-refractivity contribution in [3.8, 4) is 0 Å². The van der Waals surface area contributed by atoms with E-state index in [2.05, 4.69) is 26.6 Å². The summed E-state index contributed by atoms with van der Waals surface area (Å²) in [6.45, 7) is 5.28. The fraction of sp³-hybridized carbons (Fsp3) is 0.875. The summed E-state index contributed by atoms with van der Waals surface area (Å²) in [5, 5.41) is 115. The van der Waals surface area contributed by atoms with Crippen LogP contribution in [-0.4, -0.2) is 299 Å². The molecule has 16 atom stereocenters. The molecule has 3 aliphatic rings. The highest BCUT2D eigenvalue weighted by molar-refractivity contribution is 7.57. The number of aliphatic hydroxyl groups is 10. The van der Waals surface area contributed by atoms with E-state index in [9.17, 15) is 89.2 Å². The maximum absolute atomic E-state index is 13.9. The number of hydrogen-bond donors (Lipinski definition) is 15. The van der Waals surface area contributed by atoms with Crippen molar-refractivity contribution in [1.29, 1.82) is 0 Å². The average molecular weight is 1300 g/mol. The highest BCUT2D eigenvalue weighted by Gasteiger charge is 2.48. The van der Waals surface area contributed by atoms with Gasteiger partial charge >= 0.3 is 0 Å². The summed E-state index contributed by atoms with van der Waals surface area (Å²) in [6.07, 6.45) is -11.6. The van der Waals surface area contributed by atoms with E-state index in [0.717, 1.165) is 0 Å². The van der Waals surface area contributed by atoms with Crippen molar-refractivity contribution in [3.63, 3.8) is 0 Å². The second-order valence-electron chi connectivity index (χ2n) is 22.9. The number of nitrogens with zero attached hydrogens (tertiary/aromatic N) is 2. The van der Waals surface area contributed by atoms with E-state index in [4.69, 9.17) is 32.9 Å². The van der Waals surface area contributed by atoms with Crippen LogP contribution in [0.25, 0.3) is 0 Å². The molecule has 516 valence electrons. The van der Waals surface area contributed by atoms with Gasteiger partial charge in [-0.2, -0.15) is 0 Å². The molecule has 89 heavy (non-hydrogen) atoms. The van der Waals surface area contributed by atoms with Crippen molar-refractivity contribution in [3.05, 3.63) is 0 Å². The summed E-state index contributed by atoms with van der Waals surface area (Å²) in [5.41, 5.74) is 0. The summed E-state index contributed by atoms with van der Waals surface area (Å²) in [5.74, 6) is -2.91. The number of unbranched alkanes of at least 4 members (excludes halogenated alkanes) is 6. The number of ether oxygens (including phenoxy) is 6. The van der Waals surface area contributed by atoms with Crippen molar-refractivity contribution in [2.24, 2.45) is 0 Å². The van der Waals surface area contributed by atoms with Crippen LogP contribution in [0.5, 0.6) is 0 Å². The summed E-state index contributed by atoms with van der Waals surface area (Å²) in [4.78, 5) is 91.5. The lowest BCUT2D eigenvalue weighted by molar-refractivity contribution is -0.270. The fourth-order valence-electron chi connectivity index (χ4n) is 10.1. The first kappa shape index (κ1) is 79.1. The number of nitrogens with one attached hydrogen (secondary N) is 5. The van der Waals surface area contributed by atoms with Crippen LogP contribution in [0.4, 0.5) is 0 Å². The second-order valence-corrected chi connectivity index (χ2v) is 25.6. The largest absolute Gasteiger partial charge is 0.394 e. The molecule has 15 N–H and O–H groups in total. The molecular formula is C56H102N7O25P. The molecule has 3 aliphatic heterocycles. The number of carbonyl (C=O) groups is 7. The third-order valence-electron chi connectivity index (χ3n) is 14.9. The van der Waals surface area contributed by atoms with Crippen molar-refractivity contribution < 1.29 is 122 Å². The molecule has 32 nitrogen and oxygen atoms in total. The van der Waals surface area contributed by atoms with Gasteiger partial charge in [0.05, 0.1) is 26.4 Å². The fourth-order valence-corrected chi connectivity index (χ4v) is 10.6. The van der Waals surface area contributed by atoms with Gasteiger partial charge in [-0.15, -0.1) is 0 Å². The average Bonchev–Trinajstić information content (AvgIpc) is 1.56. The minimum Gasteiger partial charge on any atom is -0.394 e. The summed E-state index contributed by atoms with van der Waals surface area (Å²) < 4.78 is 51.6. The summed E-state index contributed by atoms with van der Waals surface area (Å²) >= 11 is 0. The van der Waals surface area contributed by atoms with E-state index >= 15 is 0 Å². The van der Waals surface area contributed by atoms with Gasteiger partial charge in [0.1, 0.15) is 73.1 Å². The van der Waals surface area contributed by atoms with E-state index in [1.807, 2.05) is 0 Å². The van der Waals surface area contributed by atoms with Gasteiger partial charge in [0, 0.05) is 112 Å². The molecule has 33 heteroatoms. The number of hydrogen-bond acceptors (Lipinski definition) is 25. The lowest BCUT2D eigenvalue weighted by Gasteiger charge is -2.42. The Hall–Kier alpha value is -4.16. The normalized spacial score (nSPS) is 27.4. The first-order valence-corrected chi connectivity index (χ1v) is 33.3. The Morgan fingerprint density at radius 2 is 0.809 bits per heavy atom. The molecule has 0 radical (unpaired) electrons. The predicted molar refractivity (Wildman–Crippen MR) is 314 cm³/mol. The minimum absolute atomic E-state index is 0.0613. The van der Waals surface area contributed by atoms with Crippen molar-refractivity contribution >= 4 is 48.7 Å². The van der Waals surface area contributed by atoms with Gasteiger partial charge in [0.15, 0.2) is 32.3 Å². The Morgan fingerprint density at radius 1 is 0.472 bits per heavy atom. The molecule has 7 amide bonds. The van der Waals surface area contributed by atoms with Crippen LogP contribution in [0, 0.1) is 0 Å². The molecule has 3 saturated heterocycles. The Kier molecular flexibility index (Phi) is 37.4. The van der Waals surface area contributed by atoms with Crippen LogP contribution in [0.2, 0.25) is 0 Å². The molecule has 0 bridgehead atoms. The van der Waals surface area contributed by atoms with Crippen molar-refractivity contribution in [2.45, 2.75) is 215 Å². The lowest BCUT2D eigenvalue weighted by Crippen LogP contribution is -2.64. The quantitative estimate of drug-likeness (QED) is 0.0202. The van der Waals surface area contributed by atoms with Crippen LogP contribution in [0.3, 0.4) is 0 Å². The van der Waals surface area contributed by atoms with Gasteiger partial charge in [0.2, 0.25) is 35.4 Å². The SMILES string of the molecule is CC(=O)NC1[C@H](OCCCCCC(=O)NCCCN(CCCN(CCCNC(=O)CCCCCO[C@@H]2OC(CO)[C@H](O)[C@H](O)C2NC(C)=O)C(=O)C(O)COP(C)(C)=O)C(=O)CCCCCO[C@@H]2OC(CO)[C@H](O)[C@H](O)C2NC(C)=O)OC(CO)[C@H](O)[C@@H]1O. The highest BCUT2D eigenvalue weighted by Crippen LogP contribution is 2.37. The molecule has 3 fully saturated rings. The Bertz CT molecular complexity index is 2170. The highest BCUT2D eigenvalue weighted by atomic mass is 31.2. The zero-order chi connectivity index (χ0) is 66.2. The van der Waals surface area contributed by atoms with Crippen LogP contribution >= 0.6 is 7.37 Å². The van der Waals surface area contributed by atoms with E-state index in [1.54, 1.807) is 4.90 Å². The minimum atomic E-state index is -3.08. The monoisotopic (exact) mass is 1300 g/mol. The molecule has 0 aromatic rings. The lowest BCUT2D eigenvalue weighted by atomic mass is 9.97. The topological polar surface area (TPSA) is 470 Å². The molecular weight excluding hydrogens is 1200 g/mol. The smallest absolute Gasteiger partial charge is 0.253 e. The van der Waals surface area contributed by atoms with Gasteiger partial charge in [-0.3, -0.25) is 38.1 Å². The molecule has 0 aromatic carbocycles. The number of carbonyl (C=O) groups excluding carboxylic acids is 7. The standard InChI is InChI=1S/C56H102N7O25P/c1-34(67)59-44-50(77)47(74)38(30-64)86-54(44)82-27-12-6-9-18-41(71)57-21-15-23-62(43(73)20-11-8-14-29-84-56-46(61-36(3)69)52(79)49(76)40(32-66)88-56)25-17-26-63(53(80)37(70)33-85-89(4,5)81)24-16-22-58-42(72)19-10-7-13-28-83-55-45(60-35(2)68)51(78)48(75)39(31-65)87-55/h37-40,44-52,54-56,64-66,70,74-79H,6-33H2,1-5H3,(H,57,71)(H,58,72)(H,59,67)(H,60,68)(H,61,69)/t37?,38?,39?,40?,44?,45?,46?,47-,48-,49-,50+,51+,52+,54+,55+,56+/m0/s1. The van der Waals surface area contributed by atoms with E-state index in [0.29, 0.717) is 64.2 Å². The number of rotatable bonds is 43. The van der Waals surface area contributed by atoms with Crippen molar-refractivity contribution in [1.82, 2.24) is 36.4 Å². The second kappa shape index (κ2) is 42.1. The molecule has 0 spiro atoms. The Labute approximate surface area is 519 Å². The third-order valence-corrected chi connectivity index (χ3v) is 15.7. The maximum Gasteiger partial charge on any atom is 0.253 e. The van der Waals surface area contributed by atoms with E-state index < -0.39 is 155 Å². The Morgan fingerprint density at radius 3 is 1.16 bits per heavy atom. The number of aliphatic hydroxyl groups excluding tert-OH is 10. The van der Waals surface area contributed by atoms with Gasteiger partial charge in [-0.05, 0) is 57.8 Å². The molecule has 3 rings (SSSR count). The maximum atomic E-state index is 13.9.